The van der Waals surface area contributed by atoms with Gasteiger partial charge in [-0.2, -0.15) is 0 Å². The fourth-order valence-corrected chi connectivity index (χ4v) is 6.32. The van der Waals surface area contributed by atoms with Crippen LogP contribution in [0.1, 0.15) is 63.0 Å². The topological polar surface area (TPSA) is 135 Å². The number of aliphatic hydroxyl groups is 2. The molecule has 8 nitrogen and oxygen atoms in total. The third-order valence-corrected chi connectivity index (χ3v) is 8.35. The van der Waals surface area contributed by atoms with Gasteiger partial charge in [0, 0.05) is 24.4 Å². The lowest BCUT2D eigenvalue weighted by molar-refractivity contribution is -0.141. The lowest BCUT2D eigenvalue weighted by Gasteiger charge is -2.35. The molecule has 2 aromatic rings. The van der Waals surface area contributed by atoms with Crippen LogP contribution in [0.5, 0.6) is 5.75 Å². The molecule has 0 bridgehead atoms. The van der Waals surface area contributed by atoms with Crippen molar-refractivity contribution < 1.29 is 34.8 Å². The maximum Gasteiger partial charge on any atom is 0.303 e. The van der Waals surface area contributed by atoms with Crippen molar-refractivity contribution in [3.8, 4) is 5.75 Å². The summed E-state index contributed by atoms with van der Waals surface area (Å²) >= 11 is 0. The molecule has 1 aliphatic heterocycles. The molecule has 4 N–H and O–H groups in total. The summed E-state index contributed by atoms with van der Waals surface area (Å²) in [6.45, 7) is 1.74. The molecule has 8 heteroatoms. The SMILES string of the molecule is CC1=C([C@H](O)CC/C(=C/c2ccccc2O)c2ccccc2)[C@H](CO)[C@@H]2C(=O)N(CCCCCC(=O)O)C(=O)[C@@H]2C1. The van der Waals surface area contributed by atoms with Crippen molar-refractivity contribution in [3.63, 3.8) is 0 Å². The summed E-state index contributed by atoms with van der Waals surface area (Å²) in [6, 6.07) is 16.8. The smallest absolute Gasteiger partial charge is 0.303 e. The number of rotatable bonds is 13. The number of carboxylic acids is 1. The van der Waals surface area contributed by atoms with Gasteiger partial charge in [-0.1, -0.05) is 60.5 Å². The van der Waals surface area contributed by atoms with Crippen molar-refractivity contribution in [2.75, 3.05) is 13.2 Å². The van der Waals surface area contributed by atoms with Crippen LogP contribution >= 0.6 is 0 Å². The number of unbranched alkanes of at least 4 members (excludes halogenated alkanes) is 2. The third kappa shape index (κ3) is 6.94. The van der Waals surface area contributed by atoms with Gasteiger partial charge in [0.15, 0.2) is 0 Å². The van der Waals surface area contributed by atoms with Crippen molar-refractivity contribution in [1.29, 1.82) is 0 Å². The number of aromatic hydroxyl groups is 1. The van der Waals surface area contributed by atoms with E-state index < -0.39 is 29.8 Å². The van der Waals surface area contributed by atoms with Crippen LogP contribution in [0.4, 0.5) is 0 Å². The summed E-state index contributed by atoms with van der Waals surface area (Å²) in [7, 11) is 0. The number of aliphatic hydroxyl groups excluding tert-OH is 2. The molecule has 0 aromatic heterocycles. The Balaban J connectivity index is 1.50. The number of carbonyl (C=O) groups excluding carboxylic acids is 2. The monoisotopic (exact) mass is 561 g/mol. The average Bonchev–Trinajstić information content (AvgIpc) is 3.19. The van der Waals surface area contributed by atoms with Crippen LogP contribution in [-0.4, -0.2) is 62.4 Å². The number of nitrogens with zero attached hydrogens (tertiary/aromatic N) is 1. The number of carbonyl (C=O) groups is 3. The van der Waals surface area contributed by atoms with Gasteiger partial charge >= 0.3 is 5.97 Å². The molecule has 1 heterocycles. The number of benzene rings is 2. The van der Waals surface area contributed by atoms with E-state index >= 15 is 0 Å². The fourth-order valence-electron chi connectivity index (χ4n) is 6.32. The number of allylic oxidation sites excluding steroid dienone is 2. The normalized spacial score (nSPS) is 21.8. The molecule has 1 fully saturated rings. The largest absolute Gasteiger partial charge is 0.507 e. The predicted molar refractivity (Wildman–Crippen MR) is 155 cm³/mol. The maximum absolute atomic E-state index is 13.4. The van der Waals surface area contributed by atoms with Crippen LogP contribution in [0.25, 0.3) is 11.6 Å². The number of carboxylic acid groups (broad SMARTS) is 1. The van der Waals surface area contributed by atoms with Crippen LogP contribution in [0.15, 0.2) is 65.7 Å². The number of aliphatic carboxylic acids is 1. The van der Waals surface area contributed by atoms with Gasteiger partial charge in [0.2, 0.25) is 11.8 Å². The van der Waals surface area contributed by atoms with E-state index in [1.54, 1.807) is 12.1 Å². The van der Waals surface area contributed by atoms with Gasteiger partial charge in [-0.05, 0) is 67.9 Å². The molecule has 4 atom stereocenters. The number of hydrogen-bond donors (Lipinski definition) is 4. The van der Waals surface area contributed by atoms with Gasteiger partial charge in [-0.25, -0.2) is 0 Å². The van der Waals surface area contributed by atoms with Crippen molar-refractivity contribution in [3.05, 3.63) is 76.9 Å². The zero-order valence-electron chi connectivity index (χ0n) is 23.4. The highest BCUT2D eigenvalue weighted by Crippen LogP contribution is 2.46. The molecule has 41 heavy (non-hydrogen) atoms. The van der Waals surface area contributed by atoms with Gasteiger partial charge < -0.3 is 20.4 Å². The Kier molecular flexibility index (Phi) is 10.1. The van der Waals surface area contributed by atoms with E-state index in [1.807, 2.05) is 55.5 Å². The van der Waals surface area contributed by atoms with Gasteiger partial charge in [0.1, 0.15) is 5.75 Å². The maximum atomic E-state index is 13.4. The number of fused-ring (bicyclic) bond motifs is 1. The molecule has 0 radical (unpaired) electrons. The van der Waals surface area contributed by atoms with Crippen LogP contribution in [0.2, 0.25) is 0 Å². The van der Waals surface area contributed by atoms with Gasteiger partial charge in [-0.15, -0.1) is 0 Å². The van der Waals surface area contributed by atoms with Crippen LogP contribution in [0, 0.1) is 17.8 Å². The molecule has 218 valence electrons. The molecule has 2 aliphatic rings. The van der Waals surface area contributed by atoms with Crippen LogP contribution < -0.4 is 0 Å². The Labute approximate surface area is 240 Å². The molecule has 0 saturated carbocycles. The Morgan fingerprint density at radius 3 is 2.39 bits per heavy atom. The van der Waals surface area contributed by atoms with Crippen molar-refractivity contribution in [1.82, 2.24) is 4.90 Å². The second-order valence-electron chi connectivity index (χ2n) is 11.0. The molecule has 2 amide bonds. The summed E-state index contributed by atoms with van der Waals surface area (Å²) in [5.74, 6) is -3.21. The van der Waals surface area contributed by atoms with Crippen LogP contribution in [0.3, 0.4) is 0 Å². The minimum Gasteiger partial charge on any atom is -0.507 e. The zero-order valence-corrected chi connectivity index (χ0v) is 23.4. The Bertz CT molecular complexity index is 1320. The Morgan fingerprint density at radius 2 is 1.71 bits per heavy atom. The first-order valence-electron chi connectivity index (χ1n) is 14.3. The van der Waals surface area contributed by atoms with Gasteiger partial charge in [0.25, 0.3) is 0 Å². The number of hydrogen-bond acceptors (Lipinski definition) is 6. The summed E-state index contributed by atoms with van der Waals surface area (Å²) in [5, 5.41) is 41.0. The van der Waals surface area contributed by atoms with E-state index in [2.05, 4.69) is 0 Å². The number of phenols is 1. The second-order valence-corrected chi connectivity index (χ2v) is 11.0. The second kappa shape index (κ2) is 13.7. The first-order chi connectivity index (χ1) is 19.7. The summed E-state index contributed by atoms with van der Waals surface area (Å²) in [6.07, 6.45) is 3.83. The van der Waals surface area contributed by atoms with Crippen molar-refractivity contribution >= 4 is 29.4 Å². The fraction of sp³-hybridized carbons (Fsp3) is 0.424. The molecule has 4 rings (SSSR count). The van der Waals surface area contributed by atoms with E-state index in [4.69, 9.17) is 5.11 Å². The lowest BCUT2D eigenvalue weighted by atomic mass is 9.68. The first-order valence-corrected chi connectivity index (χ1v) is 14.3. The average molecular weight is 562 g/mol. The number of amides is 2. The summed E-state index contributed by atoms with van der Waals surface area (Å²) < 4.78 is 0. The molecule has 1 aliphatic carbocycles. The molecular weight excluding hydrogens is 522 g/mol. The Hall–Kier alpha value is -3.75. The van der Waals surface area contributed by atoms with Crippen molar-refractivity contribution in [2.24, 2.45) is 17.8 Å². The number of imide groups is 1. The van der Waals surface area contributed by atoms with Crippen LogP contribution in [-0.2, 0) is 14.4 Å². The number of likely N-dealkylation sites (tertiary alicyclic amines) is 1. The molecule has 0 spiro atoms. The van der Waals surface area contributed by atoms with Gasteiger partial charge in [0.05, 0.1) is 24.5 Å². The summed E-state index contributed by atoms with van der Waals surface area (Å²) in [4.78, 5) is 38.6. The molecule has 0 unspecified atom stereocenters. The minimum atomic E-state index is -0.919. The van der Waals surface area contributed by atoms with Gasteiger partial charge in [-0.3, -0.25) is 19.3 Å². The highest BCUT2D eigenvalue weighted by atomic mass is 16.4. The Morgan fingerprint density at radius 1 is 1.00 bits per heavy atom. The number of para-hydroxylation sites is 1. The first kappa shape index (κ1) is 30.2. The van der Waals surface area contributed by atoms with E-state index in [0.29, 0.717) is 49.7 Å². The van der Waals surface area contributed by atoms with E-state index in [0.717, 1.165) is 16.7 Å². The highest BCUT2D eigenvalue weighted by Gasteiger charge is 2.54. The standard InChI is InChI=1S/C33H39NO7/c1-21-18-25-31(33(41)34(32(25)40)17-9-3-6-14-29(38)39)26(20-35)30(21)28(37)16-15-23(22-10-4-2-5-11-22)19-24-12-7-8-13-27(24)36/h2,4-5,7-8,10-13,19,25-26,28,31,35-37H,3,6,9,14-18,20H2,1H3,(H,38,39)/b23-19-/t25-,26+,28-,31-/m1/s1. The predicted octanol–water partition coefficient (Wildman–Crippen LogP) is 4.65. The van der Waals surface area contributed by atoms with E-state index in [-0.39, 0.29) is 37.1 Å². The molecule has 2 aromatic carbocycles. The zero-order chi connectivity index (χ0) is 29.5. The molecular formula is C33H39NO7. The third-order valence-electron chi connectivity index (χ3n) is 8.35. The van der Waals surface area contributed by atoms with E-state index in [1.165, 1.54) is 4.90 Å². The van der Waals surface area contributed by atoms with Crippen molar-refractivity contribution in [2.45, 2.75) is 58.0 Å². The minimum absolute atomic E-state index is 0.0534. The molecule has 1 saturated heterocycles. The highest BCUT2D eigenvalue weighted by molar-refractivity contribution is 6.05. The van der Waals surface area contributed by atoms with E-state index in [9.17, 15) is 29.7 Å². The number of phenolic OH excluding ortho intramolecular Hbond substituents is 1. The summed E-state index contributed by atoms with van der Waals surface area (Å²) in [5.41, 5.74) is 4.02. The lowest BCUT2D eigenvalue weighted by Crippen LogP contribution is -2.38. The quantitative estimate of drug-likeness (QED) is 0.121.